The number of sulfonamides is 1. The number of rotatable bonds is 7. The Morgan fingerprint density at radius 2 is 1.90 bits per heavy atom. The molecule has 7 heteroatoms. The third-order valence-corrected chi connectivity index (χ3v) is 5.38. The number of hydrogen-bond donors (Lipinski definition) is 2. The van der Waals surface area contributed by atoms with Gasteiger partial charge in [0.2, 0.25) is 10.0 Å². The highest BCUT2D eigenvalue weighted by molar-refractivity contribution is 7.89. The third-order valence-electron chi connectivity index (χ3n) is 3.73. The molecule has 0 aliphatic heterocycles. The van der Waals surface area contributed by atoms with Gasteiger partial charge in [-0.3, -0.25) is 0 Å². The first-order chi connectivity index (χ1) is 9.70. The minimum Gasteiger partial charge on any atom is -0.497 e. The minimum absolute atomic E-state index is 0.0431. The van der Waals surface area contributed by atoms with Crippen LogP contribution in [0.1, 0.15) is 20.8 Å². The van der Waals surface area contributed by atoms with Crippen molar-refractivity contribution in [3.63, 3.8) is 0 Å². The summed E-state index contributed by atoms with van der Waals surface area (Å²) in [6, 6.07) is 4.56. The van der Waals surface area contributed by atoms with E-state index in [4.69, 9.17) is 15.2 Å². The minimum atomic E-state index is -3.75. The zero-order valence-electron chi connectivity index (χ0n) is 13.1. The predicted molar refractivity (Wildman–Crippen MR) is 82.2 cm³/mol. The highest BCUT2D eigenvalue weighted by atomic mass is 32.2. The average molecular weight is 316 g/mol. The molecule has 6 nitrogen and oxygen atoms in total. The fourth-order valence-electron chi connectivity index (χ4n) is 1.75. The van der Waals surface area contributed by atoms with Crippen LogP contribution in [0.2, 0.25) is 0 Å². The molecule has 0 aliphatic rings. The Balaban J connectivity index is 3.25. The Bertz CT molecular complexity index is 587. The summed E-state index contributed by atoms with van der Waals surface area (Å²) in [5, 5.41) is 0. The highest BCUT2D eigenvalue weighted by Gasteiger charge is 2.33. The van der Waals surface area contributed by atoms with Gasteiger partial charge in [0.05, 0.1) is 14.2 Å². The van der Waals surface area contributed by atoms with E-state index in [1.165, 1.54) is 26.4 Å². The Kier molecular flexibility index (Phi) is 5.61. The van der Waals surface area contributed by atoms with E-state index in [1.807, 2.05) is 13.8 Å². The molecule has 0 heterocycles. The molecule has 0 radical (unpaired) electrons. The predicted octanol–water partition coefficient (Wildman–Crippen LogP) is 1.36. The van der Waals surface area contributed by atoms with Gasteiger partial charge in [-0.15, -0.1) is 0 Å². The quantitative estimate of drug-likeness (QED) is 0.792. The SMILES string of the molecule is COc1ccc(S(=O)(=O)NC(C)(CN)C(C)C)c(OC)c1. The van der Waals surface area contributed by atoms with Gasteiger partial charge < -0.3 is 15.2 Å². The van der Waals surface area contributed by atoms with E-state index < -0.39 is 15.6 Å². The first-order valence-electron chi connectivity index (χ1n) is 6.66. The Morgan fingerprint density at radius 3 is 2.33 bits per heavy atom. The van der Waals surface area contributed by atoms with E-state index in [0.717, 1.165) is 0 Å². The van der Waals surface area contributed by atoms with Crippen molar-refractivity contribution >= 4 is 10.0 Å². The molecule has 0 bridgehead atoms. The topological polar surface area (TPSA) is 90.7 Å². The van der Waals surface area contributed by atoms with E-state index >= 15 is 0 Å². The van der Waals surface area contributed by atoms with Crippen molar-refractivity contribution in [2.75, 3.05) is 20.8 Å². The van der Waals surface area contributed by atoms with Crippen molar-refractivity contribution in [1.82, 2.24) is 4.72 Å². The smallest absolute Gasteiger partial charge is 0.244 e. The summed E-state index contributed by atoms with van der Waals surface area (Å²) in [5.74, 6) is 0.794. The summed E-state index contributed by atoms with van der Waals surface area (Å²) in [4.78, 5) is 0.0612. The first kappa shape index (κ1) is 17.7. The Hall–Kier alpha value is -1.31. The van der Waals surface area contributed by atoms with Crippen molar-refractivity contribution in [3.05, 3.63) is 18.2 Å². The number of methoxy groups -OCH3 is 2. The van der Waals surface area contributed by atoms with Crippen LogP contribution in [0.25, 0.3) is 0 Å². The molecular formula is C14H24N2O4S. The standard InChI is InChI=1S/C14H24N2O4S/c1-10(2)14(3,9-15)16-21(17,18)13-7-6-11(19-4)8-12(13)20-5/h6-8,10,16H,9,15H2,1-5H3. The summed E-state index contributed by atoms with van der Waals surface area (Å²) in [6.07, 6.45) is 0. The largest absolute Gasteiger partial charge is 0.497 e. The molecule has 1 aromatic rings. The van der Waals surface area contributed by atoms with Crippen LogP contribution in [0.5, 0.6) is 11.5 Å². The molecule has 120 valence electrons. The van der Waals surface area contributed by atoms with E-state index in [-0.39, 0.29) is 23.1 Å². The zero-order chi connectivity index (χ0) is 16.3. The summed E-state index contributed by atoms with van der Waals surface area (Å²) >= 11 is 0. The van der Waals surface area contributed by atoms with E-state index in [0.29, 0.717) is 5.75 Å². The van der Waals surface area contributed by atoms with Gasteiger partial charge in [-0.1, -0.05) is 13.8 Å². The van der Waals surface area contributed by atoms with E-state index in [2.05, 4.69) is 4.72 Å². The molecule has 1 unspecified atom stereocenters. The molecule has 0 saturated heterocycles. The molecule has 1 atom stereocenters. The summed E-state index contributed by atoms with van der Waals surface area (Å²) in [7, 11) is -0.833. The number of nitrogens with two attached hydrogens (primary N) is 1. The van der Waals surface area contributed by atoms with Gasteiger partial charge in [-0.25, -0.2) is 13.1 Å². The lowest BCUT2D eigenvalue weighted by atomic mass is 9.90. The number of hydrogen-bond acceptors (Lipinski definition) is 5. The molecule has 0 spiro atoms. The average Bonchev–Trinajstić information content (AvgIpc) is 2.45. The highest BCUT2D eigenvalue weighted by Crippen LogP contribution is 2.29. The lowest BCUT2D eigenvalue weighted by molar-refractivity contribution is 0.314. The zero-order valence-corrected chi connectivity index (χ0v) is 14.0. The maximum Gasteiger partial charge on any atom is 0.244 e. The van der Waals surface area contributed by atoms with Gasteiger partial charge >= 0.3 is 0 Å². The fourth-order valence-corrected chi connectivity index (χ4v) is 3.45. The second-order valence-electron chi connectivity index (χ2n) is 5.40. The molecule has 0 aromatic heterocycles. The maximum atomic E-state index is 12.6. The van der Waals surface area contributed by atoms with Gasteiger partial charge in [0.15, 0.2) is 0 Å². The second kappa shape index (κ2) is 6.64. The molecule has 21 heavy (non-hydrogen) atoms. The Morgan fingerprint density at radius 1 is 1.29 bits per heavy atom. The van der Waals surface area contributed by atoms with Gasteiger partial charge in [0.1, 0.15) is 16.4 Å². The molecule has 3 N–H and O–H groups in total. The molecule has 0 amide bonds. The van der Waals surface area contributed by atoms with Crippen LogP contribution in [0, 0.1) is 5.92 Å². The van der Waals surface area contributed by atoms with Crippen molar-refractivity contribution in [2.45, 2.75) is 31.2 Å². The molecule has 1 rings (SSSR count). The van der Waals surface area contributed by atoms with Crippen molar-refractivity contribution in [1.29, 1.82) is 0 Å². The second-order valence-corrected chi connectivity index (χ2v) is 7.05. The van der Waals surface area contributed by atoms with Gasteiger partial charge in [0, 0.05) is 18.2 Å². The van der Waals surface area contributed by atoms with Crippen LogP contribution in [0.15, 0.2) is 23.1 Å². The molecule has 0 saturated carbocycles. The van der Waals surface area contributed by atoms with Crippen LogP contribution in [-0.2, 0) is 10.0 Å². The lowest BCUT2D eigenvalue weighted by Gasteiger charge is -2.33. The summed E-state index contributed by atoms with van der Waals surface area (Å²) < 4.78 is 38.1. The van der Waals surface area contributed by atoms with Crippen LogP contribution in [-0.4, -0.2) is 34.7 Å². The maximum absolute atomic E-state index is 12.6. The van der Waals surface area contributed by atoms with Crippen molar-refractivity contribution in [2.24, 2.45) is 11.7 Å². The van der Waals surface area contributed by atoms with Gasteiger partial charge in [0.25, 0.3) is 0 Å². The van der Waals surface area contributed by atoms with Crippen LogP contribution >= 0.6 is 0 Å². The van der Waals surface area contributed by atoms with E-state index in [9.17, 15) is 8.42 Å². The van der Waals surface area contributed by atoms with Crippen LogP contribution < -0.4 is 19.9 Å². The summed E-state index contributed by atoms with van der Waals surface area (Å²) in [5.41, 5.74) is 5.00. The summed E-state index contributed by atoms with van der Waals surface area (Å²) in [6.45, 7) is 5.81. The molecule has 1 aromatic carbocycles. The van der Waals surface area contributed by atoms with Crippen LogP contribution in [0.4, 0.5) is 0 Å². The van der Waals surface area contributed by atoms with Crippen molar-refractivity contribution < 1.29 is 17.9 Å². The lowest BCUT2D eigenvalue weighted by Crippen LogP contribution is -2.54. The molecular weight excluding hydrogens is 292 g/mol. The first-order valence-corrected chi connectivity index (χ1v) is 8.14. The third kappa shape index (κ3) is 3.87. The number of nitrogens with one attached hydrogen (secondary N) is 1. The normalized spacial score (nSPS) is 14.8. The van der Waals surface area contributed by atoms with Crippen molar-refractivity contribution in [3.8, 4) is 11.5 Å². The van der Waals surface area contributed by atoms with Gasteiger partial charge in [-0.2, -0.15) is 0 Å². The number of ether oxygens (including phenoxy) is 2. The van der Waals surface area contributed by atoms with E-state index in [1.54, 1.807) is 13.0 Å². The fraction of sp³-hybridized carbons (Fsp3) is 0.571. The Labute approximate surface area is 126 Å². The number of benzene rings is 1. The van der Waals surface area contributed by atoms with Crippen LogP contribution in [0.3, 0.4) is 0 Å². The van der Waals surface area contributed by atoms with Gasteiger partial charge in [-0.05, 0) is 25.0 Å². The monoisotopic (exact) mass is 316 g/mol. The molecule has 0 fully saturated rings. The molecule has 0 aliphatic carbocycles.